The molecule has 0 heterocycles. The highest BCUT2D eigenvalue weighted by Gasteiger charge is 1.71. The summed E-state index contributed by atoms with van der Waals surface area (Å²) in [5.74, 6) is 0. The molecule has 0 aliphatic carbocycles. The zero-order valence-corrected chi connectivity index (χ0v) is 5.22. The van der Waals surface area contributed by atoms with Crippen molar-refractivity contribution in [3.05, 3.63) is 12.2 Å². The van der Waals surface area contributed by atoms with E-state index in [1.807, 2.05) is 18.2 Å². The molecule has 0 aromatic carbocycles. The second-order valence-corrected chi connectivity index (χ2v) is 1.62. The first kappa shape index (κ1) is 7.23. The molecule has 44 valence electrons. The van der Waals surface area contributed by atoms with Crippen molar-refractivity contribution >= 4 is 0 Å². The van der Waals surface area contributed by atoms with E-state index in [2.05, 4.69) is 6.92 Å². The van der Waals surface area contributed by atoms with Crippen LogP contribution in [0.1, 0.15) is 26.2 Å². The van der Waals surface area contributed by atoms with Crippen LogP contribution < -0.4 is 0 Å². The SMILES string of the molecule is CCC/C=C\CC#N. The van der Waals surface area contributed by atoms with E-state index in [4.69, 9.17) is 5.26 Å². The smallest absolute Gasteiger partial charge is 0.0663 e. The molecule has 0 N–H and O–H groups in total. The highest BCUT2D eigenvalue weighted by Crippen LogP contribution is 1.88. The summed E-state index contributed by atoms with van der Waals surface area (Å²) in [5, 5.41) is 8.06. The van der Waals surface area contributed by atoms with Crippen LogP contribution in [0.2, 0.25) is 0 Å². The fraction of sp³-hybridized carbons (Fsp3) is 0.571. The van der Waals surface area contributed by atoms with Gasteiger partial charge >= 0.3 is 0 Å². The molecule has 0 saturated heterocycles. The normalized spacial score (nSPS) is 9.50. The Bertz CT molecular complexity index is 97.4. The van der Waals surface area contributed by atoms with Gasteiger partial charge in [0.05, 0.1) is 12.5 Å². The molecule has 0 fully saturated rings. The van der Waals surface area contributed by atoms with Crippen LogP contribution in [0.3, 0.4) is 0 Å². The highest BCUT2D eigenvalue weighted by atomic mass is 14.2. The second-order valence-electron chi connectivity index (χ2n) is 1.62. The standard InChI is InChI=1S/C7H11N/c1-2-3-4-5-6-7-8/h4-5H,2-3,6H2,1H3/b5-4-. The van der Waals surface area contributed by atoms with Gasteiger partial charge in [0.15, 0.2) is 0 Å². The van der Waals surface area contributed by atoms with Gasteiger partial charge in [-0.05, 0) is 6.42 Å². The predicted molar refractivity (Wildman–Crippen MR) is 34.3 cm³/mol. The van der Waals surface area contributed by atoms with Crippen molar-refractivity contribution in [3.63, 3.8) is 0 Å². The van der Waals surface area contributed by atoms with Crippen molar-refractivity contribution in [2.45, 2.75) is 26.2 Å². The fourth-order valence-electron chi connectivity index (χ4n) is 0.421. The van der Waals surface area contributed by atoms with Crippen LogP contribution in [-0.4, -0.2) is 0 Å². The van der Waals surface area contributed by atoms with E-state index in [9.17, 15) is 0 Å². The molecule has 0 amide bonds. The molecule has 1 heteroatoms. The van der Waals surface area contributed by atoms with E-state index in [1.54, 1.807) is 0 Å². The first-order chi connectivity index (χ1) is 3.91. The Balaban J connectivity index is 2.98. The highest BCUT2D eigenvalue weighted by molar-refractivity contribution is 4.89. The van der Waals surface area contributed by atoms with Crippen LogP contribution in [0, 0.1) is 11.3 Å². The monoisotopic (exact) mass is 109 g/mol. The number of nitrogens with zero attached hydrogens (tertiary/aromatic N) is 1. The molecular formula is C7H11N. The molecule has 0 radical (unpaired) electrons. The Hall–Kier alpha value is -0.770. The summed E-state index contributed by atoms with van der Waals surface area (Å²) in [7, 11) is 0. The predicted octanol–water partition coefficient (Wildman–Crippen LogP) is 2.26. The van der Waals surface area contributed by atoms with E-state index < -0.39 is 0 Å². The summed E-state index contributed by atoms with van der Waals surface area (Å²) < 4.78 is 0. The van der Waals surface area contributed by atoms with Crippen molar-refractivity contribution in [1.29, 1.82) is 5.26 Å². The maximum absolute atomic E-state index is 8.06. The number of hydrogen-bond donors (Lipinski definition) is 0. The van der Waals surface area contributed by atoms with Crippen LogP contribution in [0.5, 0.6) is 0 Å². The largest absolute Gasteiger partial charge is 0.198 e. The summed E-state index contributed by atoms with van der Waals surface area (Å²) in [6.07, 6.45) is 6.77. The Labute approximate surface area is 50.6 Å². The van der Waals surface area contributed by atoms with E-state index in [0.717, 1.165) is 6.42 Å². The van der Waals surface area contributed by atoms with Gasteiger partial charge in [0.2, 0.25) is 0 Å². The minimum absolute atomic E-state index is 0.556. The van der Waals surface area contributed by atoms with Crippen LogP contribution >= 0.6 is 0 Å². The minimum atomic E-state index is 0.556. The van der Waals surface area contributed by atoms with E-state index in [-0.39, 0.29) is 0 Å². The summed E-state index contributed by atoms with van der Waals surface area (Å²) in [6.45, 7) is 2.12. The molecule has 0 aliphatic heterocycles. The molecular weight excluding hydrogens is 98.1 g/mol. The van der Waals surface area contributed by atoms with Crippen LogP contribution in [-0.2, 0) is 0 Å². The molecule has 0 saturated carbocycles. The molecule has 8 heavy (non-hydrogen) atoms. The third-order valence-corrected chi connectivity index (χ3v) is 0.831. The zero-order chi connectivity index (χ0) is 6.24. The molecule has 0 unspecified atom stereocenters. The lowest BCUT2D eigenvalue weighted by atomic mass is 10.3. The maximum atomic E-state index is 8.06. The van der Waals surface area contributed by atoms with Crippen molar-refractivity contribution < 1.29 is 0 Å². The Morgan fingerprint density at radius 3 is 2.75 bits per heavy atom. The third-order valence-electron chi connectivity index (χ3n) is 0.831. The molecule has 0 spiro atoms. The van der Waals surface area contributed by atoms with Crippen molar-refractivity contribution in [1.82, 2.24) is 0 Å². The van der Waals surface area contributed by atoms with Gasteiger partial charge in [-0.2, -0.15) is 5.26 Å². The van der Waals surface area contributed by atoms with Gasteiger partial charge < -0.3 is 0 Å². The molecule has 1 nitrogen and oxygen atoms in total. The van der Waals surface area contributed by atoms with Crippen LogP contribution in [0.4, 0.5) is 0 Å². The number of allylic oxidation sites excluding steroid dienone is 2. The lowest BCUT2D eigenvalue weighted by molar-refractivity contribution is 0.955. The van der Waals surface area contributed by atoms with Crippen molar-refractivity contribution in [3.8, 4) is 6.07 Å². The molecule has 0 aromatic heterocycles. The van der Waals surface area contributed by atoms with E-state index in [0.29, 0.717) is 6.42 Å². The first-order valence-electron chi connectivity index (χ1n) is 2.93. The third kappa shape index (κ3) is 5.23. The second kappa shape index (κ2) is 6.23. The average molecular weight is 109 g/mol. The Morgan fingerprint density at radius 1 is 1.50 bits per heavy atom. The van der Waals surface area contributed by atoms with Gasteiger partial charge in [0.1, 0.15) is 0 Å². The zero-order valence-electron chi connectivity index (χ0n) is 5.22. The maximum Gasteiger partial charge on any atom is 0.0663 e. The molecule has 0 atom stereocenters. The quantitative estimate of drug-likeness (QED) is 0.510. The lowest BCUT2D eigenvalue weighted by Crippen LogP contribution is -1.60. The molecule has 0 aliphatic rings. The van der Waals surface area contributed by atoms with E-state index >= 15 is 0 Å². The topological polar surface area (TPSA) is 23.8 Å². The minimum Gasteiger partial charge on any atom is -0.198 e. The Kier molecular flexibility index (Phi) is 5.63. The number of unbranched alkanes of at least 4 members (excludes halogenated alkanes) is 1. The van der Waals surface area contributed by atoms with Gasteiger partial charge in [0.25, 0.3) is 0 Å². The summed E-state index contributed by atoms with van der Waals surface area (Å²) in [6, 6.07) is 2.04. The van der Waals surface area contributed by atoms with Crippen LogP contribution in [0.15, 0.2) is 12.2 Å². The van der Waals surface area contributed by atoms with Gasteiger partial charge in [-0.25, -0.2) is 0 Å². The van der Waals surface area contributed by atoms with Gasteiger partial charge in [0, 0.05) is 0 Å². The first-order valence-corrected chi connectivity index (χ1v) is 2.93. The number of rotatable bonds is 3. The van der Waals surface area contributed by atoms with Crippen molar-refractivity contribution in [2.75, 3.05) is 0 Å². The van der Waals surface area contributed by atoms with Gasteiger partial charge in [-0.15, -0.1) is 0 Å². The van der Waals surface area contributed by atoms with Gasteiger partial charge in [-0.1, -0.05) is 25.5 Å². The molecule has 0 bridgehead atoms. The van der Waals surface area contributed by atoms with Gasteiger partial charge in [-0.3, -0.25) is 0 Å². The van der Waals surface area contributed by atoms with E-state index in [1.165, 1.54) is 6.42 Å². The summed E-state index contributed by atoms with van der Waals surface area (Å²) >= 11 is 0. The number of nitriles is 1. The Morgan fingerprint density at radius 2 is 2.25 bits per heavy atom. The summed E-state index contributed by atoms with van der Waals surface area (Å²) in [4.78, 5) is 0. The van der Waals surface area contributed by atoms with Crippen LogP contribution in [0.25, 0.3) is 0 Å². The van der Waals surface area contributed by atoms with Crippen molar-refractivity contribution in [2.24, 2.45) is 0 Å². The molecule has 0 rings (SSSR count). The lowest BCUT2D eigenvalue weighted by Gasteiger charge is -1.78. The summed E-state index contributed by atoms with van der Waals surface area (Å²) in [5.41, 5.74) is 0. The fourth-order valence-corrected chi connectivity index (χ4v) is 0.421. The number of hydrogen-bond acceptors (Lipinski definition) is 1. The average Bonchev–Trinajstić information content (AvgIpc) is 1.81. The molecule has 0 aromatic rings.